The van der Waals surface area contributed by atoms with Crippen LogP contribution in [0.2, 0.25) is 0 Å². The Balaban J connectivity index is 2.19. The molecule has 0 radical (unpaired) electrons. The standard InChI is InChI=1S/C10H19NO3/c1-8(2)11-5-3-9(4-6-11)14-7-10(12)13/h8-9H,3-7H2,1-2H3,(H,12,13). The Bertz CT molecular complexity index is 186. The average Bonchev–Trinajstić information content (AvgIpc) is 2.15. The molecule has 0 amide bonds. The summed E-state index contributed by atoms with van der Waals surface area (Å²) in [5.41, 5.74) is 0. The second-order valence-electron chi connectivity index (χ2n) is 4.03. The van der Waals surface area contributed by atoms with Crippen molar-refractivity contribution in [1.82, 2.24) is 4.90 Å². The Morgan fingerprint density at radius 1 is 1.50 bits per heavy atom. The van der Waals surface area contributed by atoms with Gasteiger partial charge in [-0.05, 0) is 26.7 Å². The SMILES string of the molecule is CC(C)N1CCC(OCC(=O)O)CC1. The highest BCUT2D eigenvalue weighted by Crippen LogP contribution is 2.15. The van der Waals surface area contributed by atoms with Crippen LogP contribution >= 0.6 is 0 Å². The van der Waals surface area contributed by atoms with Gasteiger partial charge >= 0.3 is 5.97 Å². The first-order valence-electron chi connectivity index (χ1n) is 5.17. The Labute approximate surface area is 84.8 Å². The number of hydrogen-bond acceptors (Lipinski definition) is 3. The molecule has 4 nitrogen and oxygen atoms in total. The summed E-state index contributed by atoms with van der Waals surface area (Å²) in [5, 5.41) is 8.45. The fourth-order valence-corrected chi connectivity index (χ4v) is 1.75. The summed E-state index contributed by atoms with van der Waals surface area (Å²) < 4.78 is 5.25. The molecule has 0 atom stereocenters. The predicted molar refractivity (Wildman–Crippen MR) is 53.3 cm³/mol. The van der Waals surface area contributed by atoms with Crippen LogP contribution < -0.4 is 0 Å². The maximum Gasteiger partial charge on any atom is 0.329 e. The van der Waals surface area contributed by atoms with Gasteiger partial charge in [0.25, 0.3) is 0 Å². The van der Waals surface area contributed by atoms with Crippen molar-refractivity contribution in [2.24, 2.45) is 0 Å². The van der Waals surface area contributed by atoms with Crippen molar-refractivity contribution < 1.29 is 14.6 Å². The maximum atomic E-state index is 10.3. The number of nitrogens with zero attached hydrogens (tertiary/aromatic N) is 1. The quantitative estimate of drug-likeness (QED) is 0.736. The smallest absolute Gasteiger partial charge is 0.329 e. The molecule has 0 bridgehead atoms. The topological polar surface area (TPSA) is 49.8 Å². The summed E-state index contributed by atoms with van der Waals surface area (Å²) in [5.74, 6) is -0.878. The molecule has 0 saturated carbocycles. The number of piperidine rings is 1. The fraction of sp³-hybridized carbons (Fsp3) is 0.900. The Morgan fingerprint density at radius 3 is 2.50 bits per heavy atom. The van der Waals surface area contributed by atoms with Gasteiger partial charge in [0.15, 0.2) is 0 Å². The van der Waals surface area contributed by atoms with Crippen molar-refractivity contribution in [1.29, 1.82) is 0 Å². The van der Waals surface area contributed by atoms with Gasteiger partial charge in [-0.1, -0.05) is 0 Å². The van der Waals surface area contributed by atoms with E-state index in [1.807, 2.05) is 0 Å². The van der Waals surface area contributed by atoms with Gasteiger partial charge in [0, 0.05) is 19.1 Å². The molecule has 1 rings (SSSR count). The van der Waals surface area contributed by atoms with Gasteiger partial charge in [0.05, 0.1) is 6.10 Å². The van der Waals surface area contributed by atoms with Gasteiger partial charge in [0.1, 0.15) is 6.61 Å². The van der Waals surface area contributed by atoms with E-state index in [4.69, 9.17) is 9.84 Å². The van der Waals surface area contributed by atoms with Crippen molar-refractivity contribution in [2.75, 3.05) is 19.7 Å². The molecule has 1 aliphatic rings. The zero-order valence-electron chi connectivity index (χ0n) is 8.90. The summed E-state index contributed by atoms with van der Waals surface area (Å²) in [6, 6.07) is 0.579. The summed E-state index contributed by atoms with van der Waals surface area (Å²) in [6.45, 7) is 6.23. The van der Waals surface area contributed by atoms with Gasteiger partial charge in [-0.15, -0.1) is 0 Å². The molecule has 14 heavy (non-hydrogen) atoms. The van der Waals surface area contributed by atoms with Crippen LogP contribution in [0.3, 0.4) is 0 Å². The molecule has 1 saturated heterocycles. The minimum atomic E-state index is -0.878. The molecule has 0 aromatic carbocycles. The monoisotopic (exact) mass is 201 g/mol. The van der Waals surface area contributed by atoms with Crippen LogP contribution in [0.25, 0.3) is 0 Å². The molecule has 0 aliphatic carbocycles. The third kappa shape index (κ3) is 3.64. The summed E-state index contributed by atoms with van der Waals surface area (Å²) in [7, 11) is 0. The van der Waals surface area contributed by atoms with Crippen LogP contribution in [-0.4, -0.2) is 47.8 Å². The summed E-state index contributed by atoms with van der Waals surface area (Å²) in [6.07, 6.45) is 2.04. The second kappa shape index (κ2) is 5.32. The molecular weight excluding hydrogens is 182 g/mol. The van der Waals surface area contributed by atoms with E-state index in [9.17, 15) is 4.79 Å². The molecule has 0 aromatic heterocycles. The predicted octanol–water partition coefficient (Wildman–Crippen LogP) is 0.960. The minimum Gasteiger partial charge on any atom is -0.480 e. The maximum absolute atomic E-state index is 10.3. The first-order chi connectivity index (χ1) is 6.59. The number of carboxylic acid groups (broad SMARTS) is 1. The zero-order chi connectivity index (χ0) is 10.6. The van der Waals surface area contributed by atoms with Crippen molar-refractivity contribution in [3.63, 3.8) is 0 Å². The van der Waals surface area contributed by atoms with E-state index in [0.717, 1.165) is 25.9 Å². The van der Waals surface area contributed by atoms with E-state index in [0.29, 0.717) is 6.04 Å². The zero-order valence-corrected chi connectivity index (χ0v) is 8.90. The van der Waals surface area contributed by atoms with Crippen molar-refractivity contribution in [3.05, 3.63) is 0 Å². The third-order valence-corrected chi connectivity index (χ3v) is 2.65. The van der Waals surface area contributed by atoms with Gasteiger partial charge in [-0.25, -0.2) is 4.79 Å². The Morgan fingerprint density at radius 2 is 2.07 bits per heavy atom. The normalized spacial score (nSPS) is 20.2. The van der Waals surface area contributed by atoms with Gasteiger partial charge in [-0.2, -0.15) is 0 Å². The molecule has 1 heterocycles. The van der Waals surface area contributed by atoms with Gasteiger partial charge in [-0.3, -0.25) is 0 Å². The lowest BCUT2D eigenvalue weighted by Crippen LogP contribution is -2.41. The Hall–Kier alpha value is -0.610. The highest BCUT2D eigenvalue weighted by atomic mass is 16.5. The Kier molecular flexibility index (Phi) is 4.35. The molecule has 0 aromatic rings. The van der Waals surface area contributed by atoms with Crippen molar-refractivity contribution >= 4 is 5.97 Å². The summed E-state index contributed by atoms with van der Waals surface area (Å²) in [4.78, 5) is 12.7. The van der Waals surface area contributed by atoms with E-state index in [1.54, 1.807) is 0 Å². The molecule has 82 valence electrons. The van der Waals surface area contributed by atoms with Crippen LogP contribution in [0.1, 0.15) is 26.7 Å². The fourth-order valence-electron chi connectivity index (χ4n) is 1.75. The lowest BCUT2D eigenvalue weighted by atomic mass is 10.1. The van der Waals surface area contributed by atoms with Crippen LogP contribution in [0.15, 0.2) is 0 Å². The van der Waals surface area contributed by atoms with Gasteiger partial charge in [0.2, 0.25) is 0 Å². The number of aliphatic carboxylic acids is 1. The van der Waals surface area contributed by atoms with E-state index in [2.05, 4.69) is 18.7 Å². The van der Waals surface area contributed by atoms with E-state index in [1.165, 1.54) is 0 Å². The lowest BCUT2D eigenvalue weighted by molar-refractivity contribution is -0.145. The van der Waals surface area contributed by atoms with E-state index >= 15 is 0 Å². The molecular formula is C10H19NO3. The number of rotatable bonds is 4. The van der Waals surface area contributed by atoms with Crippen LogP contribution in [0, 0.1) is 0 Å². The largest absolute Gasteiger partial charge is 0.480 e. The number of carbonyl (C=O) groups is 1. The molecule has 1 N–H and O–H groups in total. The average molecular weight is 201 g/mol. The second-order valence-corrected chi connectivity index (χ2v) is 4.03. The van der Waals surface area contributed by atoms with Crippen molar-refractivity contribution in [2.45, 2.75) is 38.8 Å². The molecule has 1 fully saturated rings. The van der Waals surface area contributed by atoms with Crippen LogP contribution in [-0.2, 0) is 9.53 Å². The molecule has 1 aliphatic heterocycles. The number of likely N-dealkylation sites (tertiary alicyclic amines) is 1. The highest BCUT2D eigenvalue weighted by molar-refractivity contribution is 5.68. The first-order valence-corrected chi connectivity index (χ1v) is 5.17. The number of hydrogen-bond donors (Lipinski definition) is 1. The highest BCUT2D eigenvalue weighted by Gasteiger charge is 2.21. The van der Waals surface area contributed by atoms with Gasteiger partial charge < -0.3 is 14.7 Å². The van der Waals surface area contributed by atoms with Crippen LogP contribution in [0.5, 0.6) is 0 Å². The molecule has 0 spiro atoms. The van der Waals surface area contributed by atoms with E-state index in [-0.39, 0.29) is 12.7 Å². The third-order valence-electron chi connectivity index (χ3n) is 2.65. The number of ether oxygens (including phenoxy) is 1. The number of carboxylic acids is 1. The lowest BCUT2D eigenvalue weighted by Gasteiger charge is -2.34. The molecule has 0 unspecified atom stereocenters. The van der Waals surface area contributed by atoms with E-state index < -0.39 is 5.97 Å². The summed E-state index contributed by atoms with van der Waals surface area (Å²) >= 11 is 0. The minimum absolute atomic E-state index is 0.140. The van der Waals surface area contributed by atoms with Crippen molar-refractivity contribution in [3.8, 4) is 0 Å². The first kappa shape index (κ1) is 11.5. The van der Waals surface area contributed by atoms with Crippen LogP contribution in [0.4, 0.5) is 0 Å². The molecule has 4 heteroatoms.